The van der Waals surface area contributed by atoms with Crippen LogP contribution in [0.2, 0.25) is 5.02 Å². The predicted octanol–water partition coefficient (Wildman–Crippen LogP) is 3.84. The van der Waals surface area contributed by atoms with Crippen LogP contribution < -0.4 is 4.74 Å². The Morgan fingerprint density at radius 1 is 1.30 bits per heavy atom. The van der Waals surface area contributed by atoms with E-state index >= 15 is 0 Å². The molecule has 0 aromatic heterocycles. The van der Waals surface area contributed by atoms with Gasteiger partial charge in [-0.15, -0.1) is 0 Å². The molecule has 2 aromatic rings. The van der Waals surface area contributed by atoms with E-state index in [2.05, 4.69) is 0 Å². The van der Waals surface area contributed by atoms with Crippen LogP contribution in [0.15, 0.2) is 36.4 Å². The summed E-state index contributed by atoms with van der Waals surface area (Å²) in [5.74, 6) is 0.863. The predicted molar refractivity (Wildman–Crippen MR) is 75.3 cm³/mol. The van der Waals surface area contributed by atoms with Gasteiger partial charge in [0.05, 0.1) is 11.5 Å². The third-order valence-corrected chi connectivity index (χ3v) is 3.03. The number of aliphatic hydroxyl groups excluding tert-OH is 1. The lowest BCUT2D eigenvalue weighted by Crippen LogP contribution is -1.94. The molecule has 104 valence electrons. The number of hydrogen-bond donors (Lipinski definition) is 1. The molecule has 20 heavy (non-hydrogen) atoms. The monoisotopic (exact) mass is 293 g/mol. The molecule has 0 unspecified atom stereocenters. The quantitative estimate of drug-likeness (QED) is 0.686. The van der Waals surface area contributed by atoms with E-state index in [1.54, 1.807) is 6.07 Å². The van der Waals surface area contributed by atoms with Gasteiger partial charge in [-0.1, -0.05) is 29.3 Å². The Labute approximate surface area is 120 Å². The third-order valence-electron chi connectivity index (χ3n) is 2.73. The van der Waals surface area contributed by atoms with Crippen LogP contribution in [0, 0.1) is 17.0 Å². The Bertz CT molecular complexity index is 658. The van der Waals surface area contributed by atoms with Crippen LogP contribution in [-0.2, 0) is 6.61 Å². The summed E-state index contributed by atoms with van der Waals surface area (Å²) in [5, 5.41) is 20.0. The van der Waals surface area contributed by atoms with Crippen LogP contribution in [0.3, 0.4) is 0 Å². The summed E-state index contributed by atoms with van der Waals surface area (Å²) >= 11 is 5.82. The highest BCUT2D eigenvalue weighted by Gasteiger charge is 2.13. The Morgan fingerprint density at radius 2 is 2.05 bits per heavy atom. The molecular formula is C14H12ClNO4. The fraction of sp³-hybridized carbons (Fsp3) is 0.143. The van der Waals surface area contributed by atoms with Gasteiger partial charge in [-0.05, 0) is 19.1 Å². The average Bonchev–Trinajstić information content (AvgIpc) is 2.40. The van der Waals surface area contributed by atoms with Gasteiger partial charge in [0.15, 0.2) is 0 Å². The summed E-state index contributed by atoms with van der Waals surface area (Å²) in [7, 11) is 0. The maximum absolute atomic E-state index is 10.7. The van der Waals surface area contributed by atoms with E-state index in [-0.39, 0.29) is 17.3 Å². The lowest BCUT2D eigenvalue weighted by Gasteiger charge is -2.10. The largest absolute Gasteiger partial charge is 0.457 e. The molecule has 0 atom stereocenters. The topological polar surface area (TPSA) is 72.6 Å². The highest BCUT2D eigenvalue weighted by molar-refractivity contribution is 6.32. The molecule has 2 aromatic carbocycles. The Hall–Kier alpha value is -2.11. The zero-order valence-corrected chi connectivity index (χ0v) is 11.4. The zero-order valence-electron chi connectivity index (χ0n) is 10.7. The molecule has 0 saturated carbocycles. The number of aliphatic hydroxyl groups is 1. The van der Waals surface area contributed by atoms with Gasteiger partial charge in [-0.2, -0.15) is 0 Å². The maximum atomic E-state index is 10.7. The molecule has 0 bridgehead atoms. The van der Waals surface area contributed by atoms with Crippen LogP contribution >= 0.6 is 11.6 Å². The van der Waals surface area contributed by atoms with Crippen molar-refractivity contribution in [3.05, 3.63) is 62.7 Å². The number of nitro benzene ring substituents is 1. The molecule has 0 heterocycles. The molecular weight excluding hydrogens is 282 g/mol. The van der Waals surface area contributed by atoms with Crippen molar-refractivity contribution in [2.75, 3.05) is 0 Å². The van der Waals surface area contributed by atoms with Gasteiger partial charge < -0.3 is 9.84 Å². The van der Waals surface area contributed by atoms with E-state index in [1.165, 1.54) is 18.2 Å². The summed E-state index contributed by atoms with van der Waals surface area (Å²) in [4.78, 5) is 10.1. The minimum absolute atomic E-state index is 0.00478. The summed E-state index contributed by atoms with van der Waals surface area (Å²) in [5.41, 5.74) is 1.47. The first-order valence-electron chi connectivity index (χ1n) is 5.83. The van der Waals surface area contributed by atoms with Crippen molar-refractivity contribution in [3.8, 4) is 11.5 Å². The molecule has 0 aliphatic heterocycles. The van der Waals surface area contributed by atoms with Gasteiger partial charge in [-0.3, -0.25) is 10.1 Å². The number of nitro groups is 1. The zero-order chi connectivity index (χ0) is 14.7. The fourth-order valence-corrected chi connectivity index (χ4v) is 2.00. The van der Waals surface area contributed by atoms with Crippen LogP contribution in [0.5, 0.6) is 11.5 Å². The Balaban J connectivity index is 2.31. The summed E-state index contributed by atoms with van der Waals surface area (Å²) in [6.45, 7) is 1.75. The summed E-state index contributed by atoms with van der Waals surface area (Å²) in [6.07, 6.45) is 0. The maximum Gasteiger partial charge on any atom is 0.288 e. The molecule has 0 amide bonds. The van der Waals surface area contributed by atoms with Crippen LogP contribution in [-0.4, -0.2) is 10.0 Å². The molecule has 6 heteroatoms. The lowest BCUT2D eigenvalue weighted by molar-refractivity contribution is -0.384. The van der Waals surface area contributed by atoms with E-state index in [4.69, 9.17) is 16.3 Å². The first-order valence-corrected chi connectivity index (χ1v) is 6.21. The van der Waals surface area contributed by atoms with Crippen molar-refractivity contribution in [2.24, 2.45) is 0 Å². The minimum atomic E-state index is -0.558. The summed E-state index contributed by atoms with van der Waals surface area (Å²) in [6, 6.07) is 9.51. The Morgan fingerprint density at radius 3 is 2.65 bits per heavy atom. The van der Waals surface area contributed by atoms with Crippen molar-refractivity contribution in [2.45, 2.75) is 13.5 Å². The number of rotatable bonds is 4. The molecule has 0 aliphatic rings. The molecule has 5 nitrogen and oxygen atoms in total. The highest BCUT2D eigenvalue weighted by atomic mass is 35.5. The number of nitrogens with zero attached hydrogens (tertiary/aromatic N) is 1. The first kappa shape index (κ1) is 14.3. The normalized spacial score (nSPS) is 10.3. The van der Waals surface area contributed by atoms with Crippen molar-refractivity contribution in [3.63, 3.8) is 0 Å². The van der Waals surface area contributed by atoms with E-state index < -0.39 is 4.92 Å². The molecule has 0 radical (unpaired) electrons. The molecule has 1 N–H and O–H groups in total. The van der Waals surface area contributed by atoms with E-state index in [1.807, 2.05) is 19.1 Å². The van der Waals surface area contributed by atoms with E-state index in [0.29, 0.717) is 17.1 Å². The average molecular weight is 294 g/mol. The minimum Gasteiger partial charge on any atom is -0.457 e. The second-order valence-corrected chi connectivity index (χ2v) is 4.65. The second-order valence-electron chi connectivity index (χ2n) is 4.24. The van der Waals surface area contributed by atoms with Gasteiger partial charge in [0.1, 0.15) is 16.5 Å². The lowest BCUT2D eigenvalue weighted by atomic mass is 10.1. The van der Waals surface area contributed by atoms with Gasteiger partial charge in [0.2, 0.25) is 0 Å². The van der Waals surface area contributed by atoms with E-state index in [0.717, 1.165) is 5.56 Å². The fourth-order valence-electron chi connectivity index (χ4n) is 1.76. The van der Waals surface area contributed by atoms with Gasteiger partial charge >= 0.3 is 0 Å². The van der Waals surface area contributed by atoms with E-state index in [9.17, 15) is 15.2 Å². The highest BCUT2D eigenvalue weighted by Crippen LogP contribution is 2.32. The first-order chi connectivity index (χ1) is 9.51. The van der Waals surface area contributed by atoms with Crippen molar-refractivity contribution < 1.29 is 14.8 Å². The number of ether oxygens (including phenoxy) is 1. The smallest absolute Gasteiger partial charge is 0.288 e. The number of benzene rings is 2. The third kappa shape index (κ3) is 3.07. The van der Waals surface area contributed by atoms with Crippen molar-refractivity contribution >= 4 is 17.3 Å². The number of aryl methyl sites for hydroxylation is 1. The number of halogens is 1. The molecule has 0 aliphatic carbocycles. The van der Waals surface area contributed by atoms with Crippen molar-refractivity contribution in [1.82, 2.24) is 0 Å². The van der Waals surface area contributed by atoms with Crippen LogP contribution in [0.4, 0.5) is 5.69 Å². The van der Waals surface area contributed by atoms with Crippen molar-refractivity contribution in [1.29, 1.82) is 0 Å². The van der Waals surface area contributed by atoms with Crippen LogP contribution in [0.1, 0.15) is 11.1 Å². The van der Waals surface area contributed by atoms with Gasteiger partial charge in [0, 0.05) is 17.7 Å². The van der Waals surface area contributed by atoms with Gasteiger partial charge in [-0.25, -0.2) is 0 Å². The standard InChI is InChI=1S/C14H12ClNO4/c1-9-2-5-14(10(6-9)8-17)20-11-3-4-13(16(18)19)12(15)7-11/h2-7,17H,8H2,1H3. The molecule has 0 fully saturated rings. The molecule has 0 spiro atoms. The number of hydrogen-bond acceptors (Lipinski definition) is 4. The molecule has 0 saturated heterocycles. The van der Waals surface area contributed by atoms with Crippen LogP contribution in [0.25, 0.3) is 0 Å². The summed E-state index contributed by atoms with van der Waals surface area (Å²) < 4.78 is 5.60. The molecule has 2 rings (SSSR count). The Kier molecular flexibility index (Phi) is 4.22. The second kappa shape index (κ2) is 5.90. The SMILES string of the molecule is Cc1ccc(Oc2ccc([N+](=O)[O-])c(Cl)c2)c(CO)c1. The van der Waals surface area contributed by atoms with Gasteiger partial charge in [0.25, 0.3) is 5.69 Å².